The van der Waals surface area contributed by atoms with Crippen molar-refractivity contribution in [3.8, 4) is 0 Å². The molecule has 0 aromatic heterocycles. The minimum Gasteiger partial charge on any atom is -0.258 e. The molecule has 0 N–H and O–H groups in total. The summed E-state index contributed by atoms with van der Waals surface area (Å²) in [5.74, 6) is 0. The lowest BCUT2D eigenvalue weighted by Crippen LogP contribution is -1.97. The summed E-state index contributed by atoms with van der Waals surface area (Å²) in [5, 5.41) is 23.5. The van der Waals surface area contributed by atoms with Gasteiger partial charge in [0.05, 0.1) is 15.9 Å². The molecule has 1 aromatic carbocycles. The van der Waals surface area contributed by atoms with Gasteiger partial charge in [-0.2, -0.15) is 0 Å². The van der Waals surface area contributed by atoms with E-state index in [1.165, 1.54) is 6.92 Å². The van der Waals surface area contributed by atoms with E-state index in [4.69, 9.17) is 0 Å². The lowest BCUT2D eigenvalue weighted by atomic mass is 10.1. The van der Waals surface area contributed by atoms with Gasteiger partial charge < -0.3 is 0 Å². The zero-order chi connectivity index (χ0) is 11.6. The van der Waals surface area contributed by atoms with Gasteiger partial charge in [0.15, 0.2) is 0 Å². The van der Waals surface area contributed by atoms with E-state index in [-0.39, 0.29) is 11.3 Å². The van der Waals surface area contributed by atoms with Crippen LogP contribution in [0.1, 0.15) is 5.56 Å². The normalized spacial score (nSPS) is 9.67. The van der Waals surface area contributed by atoms with Crippen LogP contribution in [0, 0.1) is 32.1 Å². The predicted molar refractivity (Wildman–Crippen MR) is 49.9 cm³/mol. The largest absolute Gasteiger partial charge is 0.348 e. The molecule has 0 radical (unpaired) electrons. The minimum absolute atomic E-state index is 0.174. The van der Waals surface area contributed by atoms with Gasteiger partial charge in [-0.25, -0.2) is 0 Å². The maximum Gasteiger partial charge on any atom is 0.348 e. The van der Waals surface area contributed by atoms with E-state index >= 15 is 0 Å². The van der Waals surface area contributed by atoms with E-state index in [0.717, 1.165) is 12.1 Å². The quantitative estimate of drug-likeness (QED) is 0.431. The molecule has 15 heavy (non-hydrogen) atoms. The van der Waals surface area contributed by atoms with Crippen molar-refractivity contribution in [3.05, 3.63) is 42.8 Å². The summed E-state index contributed by atoms with van der Waals surface area (Å²) in [7, 11) is 0. The van der Waals surface area contributed by atoms with Crippen molar-refractivity contribution >= 4 is 17.1 Å². The Bertz CT molecular complexity index is 456. The van der Waals surface area contributed by atoms with Crippen LogP contribution in [0.5, 0.6) is 0 Å². The SMILES string of the molecule is Cc1cc([N+](=O)[O-])c([N+](=O)[O-])cc1N=O. The average molecular weight is 211 g/mol. The van der Waals surface area contributed by atoms with Crippen molar-refractivity contribution in [1.29, 1.82) is 0 Å². The zero-order valence-corrected chi connectivity index (χ0v) is 7.54. The maximum atomic E-state index is 10.5. The molecule has 8 heteroatoms. The Labute approximate surface area is 82.8 Å². The van der Waals surface area contributed by atoms with Gasteiger partial charge in [-0.1, -0.05) is 0 Å². The van der Waals surface area contributed by atoms with Crippen molar-refractivity contribution in [1.82, 2.24) is 0 Å². The second kappa shape index (κ2) is 3.78. The number of nitro groups is 2. The maximum absolute atomic E-state index is 10.5. The van der Waals surface area contributed by atoms with E-state index in [9.17, 15) is 25.1 Å². The van der Waals surface area contributed by atoms with Gasteiger partial charge >= 0.3 is 11.4 Å². The van der Waals surface area contributed by atoms with Crippen LogP contribution in [0.4, 0.5) is 17.1 Å². The van der Waals surface area contributed by atoms with Gasteiger partial charge in [0, 0.05) is 6.07 Å². The van der Waals surface area contributed by atoms with E-state index in [1.54, 1.807) is 0 Å². The van der Waals surface area contributed by atoms with Crippen LogP contribution in [0.3, 0.4) is 0 Å². The van der Waals surface area contributed by atoms with Crippen LogP contribution in [-0.4, -0.2) is 9.85 Å². The van der Waals surface area contributed by atoms with Gasteiger partial charge in [-0.3, -0.25) is 20.2 Å². The molecule has 0 fully saturated rings. The Morgan fingerprint density at radius 1 is 1.13 bits per heavy atom. The number of hydrogen-bond donors (Lipinski definition) is 0. The molecule has 0 saturated heterocycles. The van der Waals surface area contributed by atoms with Gasteiger partial charge in [-0.15, -0.1) is 4.91 Å². The molecule has 0 amide bonds. The van der Waals surface area contributed by atoms with Gasteiger partial charge in [0.2, 0.25) is 0 Å². The Morgan fingerprint density at radius 3 is 2.00 bits per heavy atom. The summed E-state index contributed by atoms with van der Waals surface area (Å²) >= 11 is 0. The molecule has 0 heterocycles. The van der Waals surface area contributed by atoms with Crippen LogP contribution in [0.15, 0.2) is 17.3 Å². The first-order valence-corrected chi connectivity index (χ1v) is 3.74. The molecule has 78 valence electrons. The van der Waals surface area contributed by atoms with Crippen molar-refractivity contribution in [2.45, 2.75) is 6.92 Å². The molecule has 0 aliphatic heterocycles. The summed E-state index contributed by atoms with van der Waals surface area (Å²) in [4.78, 5) is 29.4. The fourth-order valence-corrected chi connectivity index (χ4v) is 1.06. The van der Waals surface area contributed by atoms with Crippen LogP contribution < -0.4 is 0 Å². The first kappa shape index (κ1) is 10.7. The van der Waals surface area contributed by atoms with Gasteiger partial charge in [-0.05, 0) is 17.7 Å². The third kappa shape index (κ3) is 1.93. The lowest BCUT2D eigenvalue weighted by molar-refractivity contribution is -0.422. The number of nitrogens with zero attached hydrogens (tertiary/aromatic N) is 3. The second-order valence-corrected chi connectivity index (χ2v) is 2.73. The molecule has 0 aliphatic rings. The smallest absolute Gasteiger partial charge is 0.258 e. The Kier molecular flexibility index (Phi) is 2.70. The monoisotopic (exact) mass is 211 g/mol. The number of rotatable bonds is 3. The highest BCUT2D eigenvalue weighted by Crippen LogP contribution is 2.33. The van der Waals surface area contributed by atoms with E-state index in [2.05, 4.69) is 5.18 Å². The number of benzene rings is 1. The van der Waals surface area contributed by atoms with Crippen molar-refractivity contribution in [2.24, 2.45) is 5.18 Å². The molecule has 1 rings (SSSR count). The summed E-state index contributed by atoms with van der Waals surface area (Å²) in [6.07, 6.45) is 0. The second-order valence-electron chi connectivity index (χ2n) is 2.73. The Morgan fingerprint density at radius 2 is 1.60 bits per heavy atom. The molecule has 8 nitrogen and oxygen atoms in total. The molecule has 0 unspecified atom stereocenters. The molecular formula is C7H5N3O5. The number of nitro benzene ring substituents is 2. The summed E-state index contributed by atoms with van der Waals surface area (Å²) in [6.45, 7) is 1.41. The summed E-state index contributed by atoms with van der Waals surface area (Å²) in [5.41, 5.74) is -1.33. The molecular weight excluding hydrogens is 206 g/mol. The summed E-state index contributed by atoms with van der Waals surface area (Å²) < 4.78 is 0. The zero-order valence-electron chi connectivity index (χ0n) is 7.54. The number of nitroso groups, excluding NO2 is 1. The van der Waals surface area contributed by atoms with Crippen LogP contribution in [0.25, 0.3) is 0 Å². The van der Waals surface area contributed by atoms with Gasteiger partial charge in [0.1, 0.15) is 5.69 Å². The standard InChI is InChI=1S/C7H5N3O5/c1-4-2-6(9(12)13)7(10(14)15)3-5(4)8-11/h2-3H,1H3. The highest BCUT2D eigenvalue weighted by atomic mass is 16.6. The first-order chi connectivity index (χ1) is 6.97. The predicted octanol–water partition coefficient (Wildman–Crippen LogP) is 2.21. The molecule has 1 aromatic rings. The topological polar surface area (TPSA) is 116 Å². The molecule has 0 saturated carbocycles. The minimum atomic E-state index is -0.924. The molecule has 0 bridgehead atoms. The number of hydrogen-bond acceptors (Lipinski definition) is 6. The molecule has 0 aliphatic carbocycles. The molecule has 0 spiro atoms. The third-order valence-electron chi connectivity index (χ3n) is 1.78. The molecule has 0 atom stereocenters. The van der Waals surface area contributed by atoms with Crippen LogP contribution in [-0.2, 0) is 0 Å². The van der Waals surface area contributed by atoms with Gasteiger partial charge in [0.25, 0.3) is 0 Å². The highest BCUT2D eigenvalue weighted by molar-refractivity contribution is 5.63. The van der Waals surface area contributed by atoms with E-state index < -0.39 is 21.2 Å². The lowest BCUT2D eigenvalue weighted by Gasteiger charge is -1.98. The Balaban J connectivity index is 3.52. The Hall–Kier alpha value is -2.38. The first-order valence-electron chi connectivity index (χ1n) is 3.74. The third-order valence-corrected chi connectivity index (χ3v) is 1.78. The van der Waals surface area contributed by atoms with Crippen molar-refractivity contribution in [3.63, 3.8) is 0 Å². The highest BCUT2D eigenvalue weighted by Gasteiger charge is 2.26. The van der Waals surface area contributed by atoms with E-state index in [1.807, 2.05) is 0 Å². The number of aryl methyl sites for hydroxylation is 1. The van der Waals surface area contributed by atoms with Crippen LogP contribution >= 0.6 is 0 Å². The fourth-order valence-electron chi connectivity index (χ4n) is 1.06. The average Bonchev–Trinajstić information content (AvgIpc) is 2.16. The van der Waals surface area contributed by atoms with Crippen LogP contribution in [0.2, 0.25) is 0 Å². The van der Waals surface area contributed by atoms with Crippen molar-refractivity contribution < 1.29 is 9.85 Å². The fraction of sp³-hybridized carbons (Fsp3) is 0.143. The summed E-state index contributed by atoms with van der Waals surface area (Å²) in [6, 6.07) is 1.75. The van der Waals surface area contributed by atoms with E-state index in [0.29, 0.717) is 0 Å². The van der Waals surface area contributed by atoms with Crippen molar-refractivity contribution in [2.75, 3.05) is 0 Å².